The quantitative estimate of drug-likeness (QED) is 0.615. The van der Waals surface area contributed by atoms with Crippen molar-refractivity contribution in [3.05, 3.63) is 39.6 Å². The molecule has 0 saturated heterocycles. The molecule has 0 aliphatic carbocycles. The van der Waals surface area contributed by atoms with Gasteiger partial charge in [-0.1, -0.05) is 11.6 Å². The summed E-state index contributed by atoms with van der Waals surface area (Å²) in [7, 11) is 1.64. The second-order valence-corrected chi connectivity index (χ2v) is 5.87. The van der Waals surface area contributed by atoms with E-state index in [0.29, 0.717) is 26.7 Å². The van der Waals surface area contributed by atoms with Crippen LogP contribution in [0.25, 0.3) is 22.7 Å². The molecule has 3 aromatic heterocycles. The Morgan fingerprint density at radius 1 is 1.18 bits per heavy atom. The standard InChI is InChI=1S/C13H7BrClF3N4/c1-22-11-9(2-6(4-20-11)13(16,17)18)21-12(22)10-8(15)3-7(14)5-19-10/h2-5H,1H3. The molecule has 3 heterocycles. The van der Waals surface area contributed by atoms with Gasteiger partial charge in [0.25, 0.3) is 0 Å². The predicted octanol–water partition coefficient (Wildman–Crippen LogP) is 4.47. The molecule has 9 heteroatoms. The minimum atomic E-state index is -4.47. The predicted molar refractivity (Wildman–Crippen MR) is 79.5 cm³/mol. The first-order chi connectivity index (χ1) is 10.3. The lowest BCUT2D eigenvalue weighted by Crippen LogP contribution is -2.05. The second kappa shape index (κ2) is 5.20. The Balaban J connectivity index is 2.21. The van der Waals surface area contributed by atoms with E-state index in [1.165, 1.54) is 6.20 Å². The Kier molecular flexibility index (Phi) is 3.60. The molecule has 0 unspecified atom stereocenters. The maximum atomic E-state index is 12.7. The Morgan fingerprint density at radius 2 is 1.91 bits per heavy atom. The van der Waals surface area contributed by atoms with E-state index in [1.54, 1.807) is 17.7 Å². The molecule has 0 aromatic carbocycles. The molecule has 22 heavy (non-hydrogen) atoms. The summed E-state index contributed by atoms with van der Waals surface area (Å²) in [5, 5.41) is 0.337. The summed E-state index contributed by atoms with van der Waals surface area (Å²) in [6, 6.07) is 2.59. The lowest BCUT2D eigenvalue weighted by Gasteiger charge is -2.05. The largest absolute Gasteiger partial charge is 0.417 e. The van der Waals surface area contributed by atoms with Crippen LogP contribution >= 0.6 is 27.5 Å². The van der Waals surface area contributed by atoms with E-state index in [2.05, 4.69) is 30.9 Å². The van der Waals surface area contributed by atoms with Gasteiger partial charge < -0.3 is 4.57 Å². The number of halogens is 5. The van der Waals surface area contributed by atoms with E-state index < -0.39 is 11.7 Å². The van der Waals surface area contributed by atoms with Crippen molar-refractivity contribution < 1.29 is 13.2 Å². The molecular weight excluding hydrogens is 385 g/mol. The van der Waals surface area contributed by atoms with Crippen LogP contribution in [0.4, 0.5) is 13.2 Å². The third-order valence-corrected chi connectivity index (χ3v) is 3.78. The number of alkyl halides is 3. The van der Waals surface area contributed by atoms with Gasteiger partial charge in [-0.2, -0.15) is 13.2 Å². The lowest BCUT2D eigenvalue weighted by atomic mass is 10.2. The SMILES string of the molecule is Cn1c(-c2ncc(Br)cc2Cl)nc2cc(C(F)(F)F)cnc21. The lowest BCUT2D eigenvalue weighted by molar-refractivity contribution is -0.137. The van der Waals surface area contributed by atoms with Crippen molar-refractivity contribution in [3.63, 3.8) is 0 Å². The molecule has 4 nitrogen and oxygen atoms in total. The van der Waals surface area contributed by atoms with E-state index in [1.807, 2.05) is 0 Å². The zero-order valence-electron chi connectivity index (χ0n) is 11.0. The molecule has 0 saturated carbocycles. The molecule has 0 fully saturated rings. The molecular formula is C13H7BrClF3N4. The van der Waals surface area contributed by atoms with E-state index in [-0.39, 0.29) is 5.52 Å². The van der Waals surface area contributed by atoms with Crippen molar-refractivity contribution in [3.8, 4) is 11.5 Å². The molecule has 0 bridgehead atoms. The van der Waals surface area contributed by atoms with E-state index in [9.17, 15) is 13.2 Å². The van der Waals surface area contributed by atoms with Gasteiger partial charge in [-0.25, -0.2) is 9.97 Å². The summed E-state index contributed by atoms with van der Waals surface area (Å²) in [6.07, 6.45) is -2.15. The summed E-state index contributed by atoms with van der Waals surface area (Å²) in [4.78, 5) is 12.2. The highest BCUT2D eigenvalue weighted by Gasteiger charge is 2.31. The number of imidazole rings is 1. The molecule has 0 aliphatic rings. The van der Waals surface area contributed by atoms with Crippen molar-refractivity contribution in [2.45, 2.75) is 6.18 Å². The molecule has 0 radical (unpaired) electrons. The van der Waals surface area contributed by atoms with Crippen LogP contribution in [0.15, 0.2) is 29.0 Å². The van der Waals surface area contributed by atoms with Crippen molar-refractivity contribution in [1.29, 1.82) is 0 Å². The van der Waals surface area contributed by atoms with Crippen LogP contribution in [0, 0.1) is 0 Å². The average molecular weight is 392 g/mol. The summed E-state index contributed by atoms with van der Waals surface area (Å²) in [6.45, 7) is 0. The summed E-state index contributed by atoms with van der Waals surface area (Å²) in [5.74, 6) is 0.347. The van der Waals surface area contributed by atoms with Gasteiger partial charge in [0, 0.05) is 23.9 Å². The van der Waals surface area contributed by atoms with Crippen molar-refractivity contribution >= 4 is 38.7 Å². The Hall–Kier alpha value is -1.67. The highest BCUT2D eigenvalue weighted by atomic mass is 79.9. The first-order valence-electron chi connectivity index (χ1n) is 5.98. The minimum Gasteiger partial charge on any atom is -0.310 e. The monoisotopic (exact) mass is 390 g/mol. The van der Waals surface area contributed by atoms with Gasteiger partial charge in [0.15, 0.2) is 11.5 Å². The van der Waals surface area contributed by atoms with Crippen molar-refractivity contribution in [2.75, 3.05) is 0 Å². The van der Waals surface area contributed by atoms with Crippen LogP contribution in [-0.2, 0) is 13.2 Å². The smallest absolute Gasteiger partial charge is 0.310 e. The zero-order chi connectivity index (χ0) is 16.1. The number of aryl methyl sites for hydroxylation is 1. The average Bonchev–Trinajstić information content (AvgIpc) is 2.75. The molecule has 3 rings (SSSR count). The molecule has 3 aromatic rings. The number of aromatic nitrogens is 4. The third-order valence-electron chi connectivity index (χ3n) is 3.06. The first kappa shape index (κ1) is 15.2. The Bertz CT molecular complexity index is 876. The van der Waals surface area contributed by atoms with Gasteiger partial charge in [-0.3, -0.25) is 4.98 Å². The Labute approximate surface area is 136 Å². The van der Waals surface area contributed by atoms with Crippen LogP contribution in [0.3, 0.4) is 0 Å². The maximum absolute atomic E-state index is 12.7. The summed E-state index contributed by atoms with van der Waals surface area (Å²) >= 11 is 9.36. The number of hydrogen-bond donors (Lipinski definition) is 0. The first-order valence-corrected chi connectivity index (χ1v) is 7.15. The molecule has 114 valence electrons. The highest BCUT2D eigenvalue weighted by molar-refractivity contribution is 9.10. The topological polar surface area (TPSA) is 43.6 Å². The van der Waals surface area contributed by atoms with E-state index in [4.69, 9.17) is 11.6 Å². The second-order valence-electron chi connectivity index (χ2n) is 4.54. The molecule has 0 spiro atoms. The highest BCUT2D eigenvalue weighted by Crippen LogP contribution is 2.32. The summed E-state index contributed by atoms with van der Waals surface area (Å²) < 4.78 is 40.5. The van der Waals surface area contributed by atoms with Crippen molar-refractivity contribution in [1.82, 2.24) is 19.5 Å². The van der Waals surface area contributed by atoms with E-state index >= 15 is 0 Å². The molecule has 0 N–H and O–H groups in total. The zero-order valence-corrected chi connectivity index (χ0v) is 13.3. The van der Waals surface area contributed by atoms with Crippen LogP contribution in [-0.4, -0.2) is 19.5 Å². The Morgan fingerprint density at radius 3 is 2.55 bits per heavy atom. The fourth-order valence-electron chi connectivity index (χ4n) is 2.02. The van der Waals surface area contributed by atoms with Gasteiger partial charge in [-0.15, -0.1) is 0 Å². The van der Waals surface area contributed by atoms with Crippen LogP contribution in [0.5, 0.6) is 0 Å². The van der Waals surface area contributed by atoms with Gasteiger partial charge in [-0.05, 0) is 28.1 Å². The van der Waals surface area contributed by atoms with Gasteiger partial charge in [0.05, 0.1) is 10.6 Å². The van der Waals surface area contributed by atoms with Gasteiger partial charge >= 0.3 is 6.18 Å². The minimum absolute atomic E-state index is 0.133. The maximum Gasteiger partial charge on any atom is 0.417 e. The molecule has 0 aliphatic heterocycles. The van der Waals surface area contributed by atoms with Crippen molar-refractivity contribution in [2.24, 2.45) is 7.05 Å². The number of fused-ring (bicyclic) bond motifs is 1. The normalized spacial score (nSPS) is 12.1. The van der Waals surface area contributed by atoms with Gasteiger partial charge in [0.1, 0.15) is 11.2 Å². The van der Waals surface area contributed by atoms with Crippen LogP contribution in [0.2, 0.25) is 5.02 Å². The number of pyridine rings is 2. The fourth-order valence-corrected chi connectivity index (χ4v) is 2.74. The number of hydrogen-bond acceptors (Lipinski definition) is 3. The van der Waals surface area contributed by atoms with Crippen LogP contribution in [0.1, 0.15) is 5.56 Å². The fraction of sp³-hybridized carbons (Fsp3) is 0.154. The van der Waals surface area contributed by atoms with Crippen LogP contribution < -0.4 is 0 Å². The molecule has 0 amide bonds. The number of nitrogens with zero attached hydrogens (tertiary/aromatic N) is 4. The summed E-state index contributed by atoms with van der Waals surface area (Å²) in [5.41, 5.74) is -0.0182. The molecule has 0 atom stereocenters. The number of rotatable bonds is 1. The van der Waals surface area contributed by atoms with Gasteiger partial charge in [0.2, 0.25) is 0 Å². The third kappa shape index (κ3) is 2.56. The van der Waals surface area contributed by atoms with E-state index in [0.717, 1.165) is 12.3 Å².